The molecule has 0 fully saturated rings. The Morgan fingerprint density at radius 1 is 1.37 bits per heavy atom. The highest BCUT2D eigenvalue weighted by Crippen LogP contribution is 2.21. The molecule has 0 saturated carbocycles. The van der Waals surface area contributed by atoms with Gasteiger partial charge in [-0.3, -0.25) is 9.71 Å². The monoisotopic (exact) mass is 273 g/mol. The molecule has 100 valence electrons. The predicted molar refractivity (Wildman–Crippen MR) is 83.3 cm³/mol. The highest BCUT2D eigenvalue weighted by molar-refractivity contribution is 7.97. The number of fused-ring (bicyclic) bond motifs is 1. The third kappa shape index (κ3) is 4.35. The molecule has 0 bridgehead atoms. The van der Waals surface area contributed by atoms with E-state index in [0.29, 0.717) is 6.04 Å². The van der Waals surface area contributed by atoms with Crippen LogP contribution in [0, 0.1) is 0 Å². The van der Waals surface area contributed by atoms with Crippen LogP contribution in [0.2, 0.25) is 0 Å². The molecular formula is C15H19N3S. The van der Waals surface area contributed by atoms with Gasteiger partial charge < -0.3 is 5.32 Å². The van der Waals surface area contributed by atoms with Crippen molar-refractivity contribution in [3.63, 3.8) is 0 Å². The second kappa shape index (κ2) is 7.28. The van der Waals surface area contributed by atoms with E-state index in [0.717, 1.165) is 13.1 Å². The van der Waals surface area contributed by atoms with Gasteiger partial charge in [0, 0.05) is 41.8 Å². The standard InChI is InChI=1S/C15H19N3S/c1-3-7-16-10-12(2)18-19-15-5-4-14-11-17-8-6-13(14)9-15/h3-6,8-9,11-12,16,18H,1,7,10H2,2H3/t12-/m1/s1. The van der Waals surface area contributed by atoms with Crippen molar-refractivity contribution < 1.29 is 0 Å². The lowest BCUT2D eigenvalue weighted by Crippen LogP contribution is -2.32. The van der Waals surface area contributed by atoms with Crippen LogP contribution >= 0.6 is 11.9 Å². The van der Waals surface area contributed by atoms with Crippen LogP contribution in [0.3, 0.4) is 0 Å². The number of rotatable bonds is 7. The molecule has 0 spiro atoms. The van der Waals surface area contributed by atoms with E-state index in [4.69, 9.17) is 0 Å². The van der Waals surface area contributed by atoms with Crippen LogP contribution in [0.4, 0.5) is 0 Å². The molecule has 0 aliphatic heterocycles. The molecule has 1 atom stereocenters. The molecule has 1 aromatic carbocycles. The number of nitrogens with zero attached hydrogens (tertiary/aromatic N) is 1. The van der Waals surface area contributed by atoms with Crippen LogP contribution in [-0.2, 0) is 0 Å². The van der Waals surface area contributed by atoms with E-state index < -0.39 is 0 Å². The zero-order valence-corrected chi connectivity index (χ0v) is 11.9. The van der Waals surface area contributed by atoms with E-state index in [1.165, 1.54) is 15.7 Å². The summed E-state index contributed by atoms with van der Waals surface area (Å²) < 4.78 is 3.43. The smallest absolute Gasteiger partial charge is 0.0346 e. The van der Waals surface area contributed by atoms with Crippen molar-refractivity contribution in [2.75, 3.05) is 13.1 Å². The summed E-state index contributed by atoms with van der Waals surface area (Å²) in [5.74, 6) is 0. The molecule has 2 rings (SSSR count). The van der Waals surface area contributed by atoms with Crippen molar-refractivity contribution >= 4 is 22.7 Å². The van der Waals surface area contributed by atoms with Gasteiger partial charge in [-0.25, -0.2) is 0 Å². The molecule has 0 saturated heterocycles. The maximum Gasteiger partial charge on any atom is 0.0346 e. The summed E-state index contributed by atoms with van der Waals surface area (Å²) in [6.07, 6.45) is 5.59. The van der Waals surface area contributed by atoms with E-state index >= 15 is 0 Å². The molecule has 2 aromatic rings. The number of benzene rings is 1. The molecule has 4 heteroatoms. The van der Waals surface area contributed by atoms with Gasteiger partial charge in [0.25, 0.3) is 0 Å². The zero-order valence-electron chi connectivity index (χ0n) is 11.1. The Morgan fingerprint density at radius 2 is 2.26 bits per heavy atom. The zero-order chi connectivity index (χ0) is 13.5. The fourth-order valence-electron chi connectivity index (χ4n) is 1.74. The third-order valence-corrected chi connectivity index (χ3v) is 3.74. The van der Waals surface area contributed by atoms with Crippen LogP contribution in [0.15, 0.2) is 54.2 Å². The SMILES string of the molecule is C=CCNC[C@@H](C)NSc1ccc2cnccc2c1. The molecule has 0 unspecified atom stereocenters. The van der Waals surface area contributed by atoms with Gasteiger partial charge in [0.2, 0.25) is 0 Å². The third-order valence-electron chi connectivity index (χ3n) is 2.73. The predicted octanol–water partition coefficient (Wildman–Crippen LogP) is 3.00. The lowest BCUT2D eigenvalue weighted by molar-refractivity contribution is 0.613. The van der Waals surface area contributed by atoms with E-state index in [1.54, 1.807) is 11.9 Å². The molecule has 0 aliphatic carbocycles. The van der Waals surface area contributed by atoms with Crippen molar-refractivity contribution in [3.05, 3.63) is 49.3 Å². The first-order valence-corrected chi connectivity index (χ1v) is 7.19. The topological polar surface area (TPSA) is 37.0 Å². The van der Waals surface area contributed by atoms with Crippen LogP contribution in [-0.4, -0.2) is 24.1 Å². The van der Waals surface area contributed by atoms with Gasteiger partial charge in [-0.2, -0.15) is 0 Å². The summed E-state index contributed by atoms with van der Waals surface area (Å²) in [5, 5.41) is 5.69. The number of aromatic nitrogens is 1. The molecule has 3 nitrogen and oxygen atoms in total. The molecule has 0 amide bonds. The van der Waals surface area contributed by atoms with Crippen molar-refractivity contribution in [3.8, 4) is 0 Å². The van der Waals surface area contributed by atoms with Crippen molar-refractivity contribution in [1.29, 1.82) is 0 Å². The van der Waals surface area contributed by atoms with E-state index in [9.17, 15) is 0 Å². The minimum Gasteiger partial charge on any atom is -0.312 e. The minimum atomic E-state index is 0.401. The van der Waals surface area contributed by atoms with E-state index in [-0.39, 0.29) is 0 Å². The minimum absolute atomic E-state index is 0.401. The second-order valence-electron chi connectivity index (χ2n) is 4.45. The molecule has 2 N–H and O–H groups in total. The van der Waals surface area contributed by atoms with Crippen molar-refractivity contribution in [1.82, 2.24) is 15.0 Å². The normalized spacial score (nSPS) is 12.5. The van der Waals surface area contributed by atoms with Gasteiger partial charge in [-0.05, 0) is 42.5 Å². The summed E-state index contributed by atoms with van der Waals surface area (Å²) >= 11 is 1.67. The fourth-order valence-corrected chi connectivity index (χ4v) is 2.48. The Morgan fingerprint density at radius 3 is 3.11 bits per heavy atom. The van der Waals surface area contributed by atoms with Gasteiger partial charge in [-0.1, -0.05) is 12.1 Å². The first-order chi connectivity index (χ1) is 9.29. The average molecular weight is 273 g/mol. The Kier molecular flexibility index (Phi) is 5.39. The van der Waals surface area contributed by atoms with Gasteiger partial charge >= 0.3 is 0 Å². The number of nitrogens with one attached hydrogen (secondary N) is 2. The summed E-state index contributed by atoms with van der Waals surface area (Å²) in [6.45, 7) is 7.62. The van der Waals surface area contributed by atoms with Crippen LogP contribution in [0.25, 0.3) is 10.8 Å². The van der Waals surface area contributed by atoms with Crippen LogP contribution < -0.4 is 10.0 Å². The number of hydrogen-bond acceptors (Lipinski definition) is 4. The first-order valence-electron chi connectivity index (χ1n) is 6.37. The van der Waals surface area contributed by atoms with Crippen molar-refractivity contribution in [2.24, 2.45) is 0 Å². The molecule has 1 heterocycles. The maximum absolute atomic E-state index is 4.12. The Bertz CT molecular complexity index is 542. The molecule has 1 aromatic heterocycles. The number of hydrogen-bond donors (Lipinski definition) is 2. The lowest BCUT2D eigenvalue weighted by atomic mass is 10.2. The summed E-state index contributed by atoms with van der Waals surface area (Å²) in [6, 6.07) is 8.84. The second-order valence-corrected chi connectivity index (χ2v) is 5.36. The lowest BCUT2D eigenvalue weighted by Gasteiger charge is -2.13. The fraction of sp³-hybridized carbons (Fsp3) is 0.267. The Labute approximate surface area is 118 Å². The molecular weight excluding hydrogens is 254 g/mol. The highest BCUT2D eigenvalue weighted by atomic mass is 32.2. The van der Waals surface area contributed by atoms with Crippen LogP contribution in [0.5, 0.6) is 0 Å². The van der Waals surface area contributed by atoms with Gasteiger partial charge in [0.05, 0.1) is 0 Å². The summed E-state index contributed by atoms with van der Waals surface area (Å²) in [5.41, 5.74) is 0. The largest absolute Gasteiger partial charge is 0.312 e. The summed E-state index contributed by atoms with van der Waals surface area (Å²) in [4.78, 5) is 5.34. The molecule has 19 heavy (non-hydrogen) atoms. The van der Waals surface area contributed by atoms with Crippen LogP contribution in [0.1, 0.15) is 6.92 Å². The Balaban J connectivity index is 1.88. The summed E-state index contributed by atoms with van der Waals surface area (Å²) in [7, 11) is 0. The number of pyridine rings is 1. The molecule has 0 aliphatic rings. The maximum atomic E-state index is 4.12. The van der Waals surface area contributed by atoms with Gasteiger partial charge in [0.15, 0.2) is 0 Å². The molecule has 0 radical (unpaired) electrons. The average Bonchev–Trinajstić information content (AvgIpc) is 2.45. The van der Waals surface area contributed by atoms with Crippen molar-refractivity contribution in [2.45, 2.75) is 17.9 Å². The quantitative estimate of drug-likeness (QED) is 0.462. The first kappa shape index (κ1) is 14.1. The van der Waals surface area contributed by atoms with Gasteiger partial charge in [0.1, 0.15) is 0 Å². The van der Waals surface area contributed by atoms with E-state index in [1.807, 2.05) is 24.5 Å². The highest BCUT2D eigenvalue weighted by Gasteiger charge is 2.02. The van der Waals surface area contributed by atoms with E-state index in [2.05, 4.69) is 46.7 Å². The van der Waals surface area contributed by atoms with Gasteiger partial charge in [-0.15, -0.1) is 6.58 Å². The Hall–Kier alpha value is -1.36.